The second-order valence-corrected chi connectivity index (χ2v) is 3.98. The highest BCUT2D eigenvalue weighted by Gasteiger charge is 2.19. The normalized spacial score (nSPS) is 10.7. The highest BCUT2D eigenvalue weighted by Crippen LogP contribution is 2.32. The summed E-state index contributed by atoms with van der Waals surface area (Å²) in [6.45, 7) is 0. The number of hydrogen-bond acceptors (Lipinski definition) is 7. The molecule has 2 aromatic carbocycles. The van der Waals surface area contributed by atoms with Gasteiger partial charge in [-0.25, -0.2) is 0 Å². The fourth-order valence-corrected chi connectivity index (χ4v) is 1.51. The molecule has 0 spiro atoms. The van der Waals surface area contributed by atoms with E-state index in [4.69, 9.17) is 5.73 Å². The monoisotopic (exact) mass is 287 g/mol. The number of non-ortho nitro benzene ring substituents is 1. The van der Waals surface area contributed by atoms with Crippen molar-refractivity contribution in [1.29, 1.82) is 0 Å². The van der Waals surface area contributed by atoms with Gasteiger partial charge in [0.15, 0.2) is 5.69 Å². The van der Waals surface area contributed by atoms with Crippen molar-refractivity contribution in [2.24, 2.45) is 10.2 Å². The minimum absolute atomic E-state index is 0.0672. The molecule has 0 unspecified atom stereocenters. The van der Waals surface area contributed by atoms with Gasteiger partial charge in [-0.2, -0.15) is 5.11 Å². The molecule has 0 radical (unpaired) electrons. The van der Waals surface area contributed by atoms with Crippen LogP contribution in [0.1, 0.15) is 0 Å². The fourth-order valence-electron chi connectivity index (χ4n) is 1.51. The summed E-state index contributed by atoms with van der Waals surface area (Å²) in [5.74, 6) is 0. The molecule has 0 aromatic heterocycles. The lowest BCUT2D eigenvalue weighted by Crippen LogP contribution is -1.92. The van der Waals surface area contributed by atoms with Crippen LogP contribution in [-0.2, 0) is 0 Å². The third kappa shape index (κ3) is 3.35. The second-order valence-electron chi connectivity index (χ2n) is 3.98. The zero-order chi connectivity index (χ0) is 15.4. The topological polar surface area (TPSA) is 137 Å². The van der Waals surface area contributed by atoms with Crippen molar-refractivity contribution in [3.63, 3.8) is 0 Å². The number of nitro groups is 2. The molecule has 0 aliphatic rings. The molecular formula is C12H9N5O4. The summed E-state index contributed by atoms with van der Waals surface area (Å²) < 4.78 is 0. The van der Waals surface area contributed by atoms with Crippen molar-refractivity contribution in [3.8, 4) is 0 Å². The zero-order valence-corrected chi connectivity index (χ0v) is 10.5. The quantitative estimate of drug-likeness (QED) is 0.397. The molecule has 0 atom stereocenters. The van der Waals surface area contributed by atoms with Crippen molar-refractivity contribution in [3.05, 3.63) is 62.7 Å². The largest absolute Gasteiger partial charge is 0.399 e. The number of benzene rings is 2. The van der Waals surface area contributed by atoms with Crippen molar-refractivity contribution in [2.45, 2.75) is 0 Å². The van der Waals surface area contributed by atoms with Crippen LogP contribution in [0.3, 0.4) is 0 Å². The number of rotatable bonds is 4. The molecule has 0 saturated carbocycles. The van der Waals surface area contributed by atoms with E-state index in [9.17, 15) is 20.2 Å². The lowest BCUT2D eigenvalue weighted by Gasteiger charge is -1.97. The molecule has 0 aliphatic heterocycles. The molecule has 2 N–H and O–H groups in total. The van der Waals surface area contributed by atoms with Gasteiger partial charge in [0.25, 0.3) is 5.69 Å². The number of nitrogens with two attached hydrogens (primary N) is 1. The molecular weight excluding hydrogens is 278 g/mol. The summed E-state index contributed by atoms with van der Waals surface area (Å²) in [7, 11) is 0. The smallest absolute Gasteiger partial charge is 0.303 e. The Morgan fingerprint density at radius 1 is 0.905 bits per heavy atom. The van der Waals surface area contributed by atoms with Crippen LogP contribution >= 0.6 is 0 Å². The van der Waals surface area contributed by atoms with Crippen LogP contribution in [0.2, 0.25) is 0 Å². The van der Waals surface area contributed by atoms with Gasteiger partial charge in [-0.1, -0.05) is 0 Å². The highest BCUT2D eigenvalue weighted by molar-refractivity contribution is 5.61. The minimum Gasteiger partial charge on any atom is -0.399 e. The Kier molecular flexibility index (Phi) is 3.84. The first-order valence-electron chi connectivity index (χ1n) is 5.67. The van der Waals surface area contributed by atoms with E-state index in [0.29, 0.717) is 11.4 Å². The molecule has 0 amide bonds. The Morgan fingerprint density at radius 3 is 2.14 bits per heavy atom. The number of hydrogen-bond donors (Lipinski definition) is 1. The summed E-state index contributed by atoms with van der Waals surface area (Å²) in [4.78, 5) is 20.1. The van der Waals surface area contributed by atoms with Crippen LogP contribution < -0.4 is 5.73 Å². The predicted octanol–water partition coefficient (Wildman–Crippen LogP) is 3.50. The van der Waals surface area contributed by atoms with Gasteiger partial charge in [0.1, 0.15) is 0 Å². The number of azo groups is 1. The van der Waals surface area contributed by atoms with Gasteiger partial charge >= 0.3 is 5.69 Å². The van der Waals surface area contributed by atoms with Crippen LogP contribution in [-0.4, -0.2) is 9.85 Å². The maximum Gasteiger partial charge on any atom is 0.303 e. The van der Waals surface area contributed by atoms with Gasteiger partial charge in [-0.3, -0.25) is 20.2 Å². The third-order valence-electron chi connectivity index (χ3n) is 2.53. The first-order valence-corrected chi connectivity index (χ1v) is 5.67. The Balaban J connectivity index is 2.37. The molecule has 0 heterocycles. The predicted molar refractivity (Wildman–Crippen MR) is 74.8 cm³/mol. The Morgan fingerprint density at radius 2 is 1.57 bits per heavy atom. The van der Waals surface area contributed by atoms with Crippen molar-refractivity contribution in [2.75, 3.05) is 5.73 Å². The molecule has 106 valence electrons. The van der Waals surface area contributed by atoms with Crippen molar-refractivity contribution in [1.82, 2.24) is 0 Å². The average Bonchev–Trinajstić information content (AvgIpc) is 2.46. The number of nitro benzene ring substituents is 2. The van der Waals surface area contributed by atoms with Crippen LogP contribution in [0.5, 0.6) is 0 Å². The maximum absolute atomic E-state index is 10.9. The molecule has 0 saturated heterocycles. The lowest BCUT2D eigenvalue weighted by atomic mass is 10.2. The molecule has 9 nitrogen and oxygen atoms in total. The number of nitrogens with zero attached hydrogens (tertiary/aromatic N) is 4. The summed E-state index contributed by atoms with van der Waals surface area (Å²) in [6, 6.07) is 9.56. The molecule has 0 bridgehead atoms. The Hall–Kier alpha value is -3.36. The molecule has 21 heavy (non-hydrogen) atoms. The summed E-state index contributed by atoms with van der Waals surface area (Å²) in [6.07, 6.45) is 0. The molecule has 0 fully saturated rings. The molecule has 9 heteroatoms. The Labute approximate surface area is 118 Å². The summed E-state index contributed by atoms with van der Waals surface area (Å²) in [5, 5.41) is 29.1. The van der Waals surface area contributed by atoms with Gasteiger partial charge in [0.2, 0.25) is 0 Å². The van der Waals surface area contributed by atoms with E-state index < -0.39 is 15.5 Å². The highest BCUT2D eigenvalue weighted by atomic mass is 16.6. The van der Waals surface area contributed by atoms with Crippen LogP contribution in [0.4, 0.5) is 28.4 Å². The second kappa shape index (κ2) is 5.74. The minimum atomic E-state index is -0.746. The van der Waals surface area contributed by atoms with E-state index in [0.717, 1.165) is 12.1 Å². The van der Waals surface area contributed by atoms with Crippen molar-refractivity contribution >= 4 is 28.4 Å². The Bertz CT molecular complexity index is 727. The number of anilines is 1. The van der Waals surface area contributed by atoms with Gasteiger partial charge in [-0.15, -0.1) is 5.11 Å². The van der Waals surface area contributed by atoms with E-state index >= 15 is 0 Å². The number of nitrogen functional groups attached to an aromatic ring is 1. The average molecular weight is 287 g/mol. The SMILES string of the molecule is Nc1ccc(N=Nc2ccc([N+](=O)[O-])cc2[N+](=O)[O-])cc1. The van der Waals surface area contributed by atoms with E-state index in [1.807, 2.05) is 0 Å². The van der Waals surface area contributed by atoms with Gasteiger partial charge in [0, 0.05) is 11.8 Å². The van der Waals surface area contributed by atoms with E-state index in [1.165, 1.54) is 6.07 Å². The first-order chi connectivity index (χ1) is 9.97. The van der Waals surface area contributed by atoms with Crippen molar-refractivity contribution < 1.29 is 9.85 Å². The van der Waals surface area contributed by atoms with Gasteiger partial charge in [-0.05, 0) is 30.3 Å². The maximum atomic E-state index is 10.9. The summed E-state index contributed by atoms with van der Waals surface area (Å²) in [5.41, 5.74) is 5.59. The fraction of sp³-hybridized carbons (Fsp3) is 0. The lowest BCUT2D eigenvalue weighted by molar-refractivity contribution is -0.393. The van der Waals surface area contributed by atoms with Crippen LogP contribution in [0.25, 0.3) is 0 Å². The van der Waals surface area contributed by atoms with E-state index in [-0.39, 0.29) is 11.4 Å². The van der Waals surface area contributed by atoms with E-state index in [1.54, 1.807) is 24.3 Å². The van der Waals surface area contributed by atoms with Crippen LogP contribution in [0.15, 0.2) is 52.7 Å². The standard InChI is InChI=1S/C12H9N5O4/c13-8-1-3-9(4-2-8)14-15-11-6-5-10(16(18)19)7-12(11)17(20)21/h1-7H,13H2. The zero-order valence-electron chi connectivity index (χ0n) is 10.5. The van der Waals surface area contributed by atoms with Crippen LogP contribution in [0, 0.1) is 20.2 Å². The van der Waals surface area contributed by atoms with Gasteiger partial charge < -0.3 is 5.73 Å². The first kappa shape index (κ1) is 14.1. The third-order valence-corrected chi connectivity index (χ3v) is 2.53. The van der Waals surface area contributed by atoms with Gasteiger partial charge in [0.05, 0.1) is 21.6 Å². The van der Waals surface area contributed by atoms with E-state index in [2.05, 4.69) is 10.2 Å². The molecule has 2 aromatic rings. The summed E-state index contributed by atoms with van der Waals surface area (Å²) >= 11 is 0. The molecule has 0 aliphatic carbocycles. The molecule has 2 rings (SSSR count).